The van der Waals surface area contributed by atoms with Gasteiger partial charge in [0.1, 0.15) is 0 Å². The van der Waals surface area contributed by atoms with Crippen molar-refractivity contribution in [2.24, 2.45) is 5.10 Å². The van der Waals surface area contributed by atoms with E-state index in [0.29, 0.717) is 12.1 Å². The van der Waals surface area contributed by atoms with Crippen LogP contribution in [0.25, 0.3) is 6.08 Å². The van der Waals surface area contributed by atoms with Crippen molar-refractivity contribution >= 4 is 17.7 Å². The van der Waals surface area contributed by atoms with Gasteiger partial charge in [-0.05, 0) is 17.2 Å². The van der Waals surface area contributed by atoms with E-state index in [4.69, 9.17) is 0 Å². The minimum absolute atomic E-state index is 0.141. The van der Waals surface area contributed by atoms with Gasteiger partial charge in [-0.1, -0.05) is 97.1 Å². The zero-order valence-electron chi connectivity index (χ0n) is 14.4. The molecular formula is C23H20N2O. The standard InChI is InChI=1S/C23H20N2O/c26-23(18-20-12-6-2-7-13-20)25-24-22(21-14-8-3-9-15-21)17-16-19-10-4-1-5-11-19/h1-17H,18H2,(H,25,26). The fraction of sp³-hybridized carbons (Fsp3) is 0.0435. The maximum Gasteiger partial charge on any atom is 0.244 e. The normalized spacial score (nSPS) is 11.5. The zero-order chi connectivity index (χ0) is 18.0. The number of nitrogens with one attached hydrogen (secondary N) is 1. The van der Waals surface area contributed by atoms with Gasteiger partial charge >= 0.3 is 0 Å². The lowest BCUT2D eigenvalue weighted by molar-refractivity contribution is -0.120. The molecule has 0 unspecified atom stereocenters. The highest BCUT2D eigenvalue weighted by atomic mass is 16.2. The summed E-state index contributed by atoms with van der Waals surface area (Å²) in [6.45, 7) is 0. The molecule has 0 atom stereocenters. The number of hydrogen-bond acceptors (Lipinski definition) is 2. The predicted octanol–water partition coefficient (Wildman–Crippen LogP) is 4.46. The largest absolute Gasteiger partial charge is 0.273 e. The van der Waals surface area contributed by atoms with Gasteiger partial charge in [0.25, 0.3) is 0 Å². The summed E-state index contributed by atoms with van der Waals surface area (Å²) in [5.74, 6) is -0.141. The lowest BCUT2D eigenvalue weighted by atomic mass is 10.1. The first-order chi connectivity index (χ1) is 12.8. The Morgan fingerprint density at radius 3 is 2.04 bits per heavy atom. The number of amides is 1. The molecule has 0 fully saturated rings. The van der Waals surface area contributed by atoms with Crippen LogP contribution in [0.1, 0.15) is 16.7 Å². The maximum atomic E-state index is 12.2. The van der Waals surface area contributed by atoms with Crippen LogP contribution in [0.4, 0.5) is 0 Å². The molecule has 128 valence electrons. The Morgan fingerprint density at radius 2 is 1.38 bits per heavy atom. The van der Waals surface area contributed by atoms with Gasteiger partial charge in [-0.3, -0.25) is 4.79 Å². The van der Waals surface area contributed by atoms with E-state index in [-0.39, 0.29) is 5.91 Å². The van der Waals surface area contributed by atoms with Gasteiger partial charge < -0.3 is 0 Å². The van der Waals surface area contributed by atoms with Crippen LogP contribution in [-0.4, -0.2) is 11.6 Å². The summed E-state index contributed by atoms with van der Waals surface area (Å²) in [6.07, 6.45) is 4.19. The van der Waals surface area contributed by atoms with E-state index in [1.165, 1.54) is 0 Å². The SMILES string of the molecule is O=C(Cc1ccccc1)NN=C(C=Cc1ccccc1)c1ccccc1. The van der Waals surface area contributed by atoms with Gasteiger partial charge in [-0.2, -0.15) is 5.10 Å². The van der Waals surface area contributed by atoms with Crippen molar-refractivity contribution in [1.29, 1.82) is 0 Å². The smallest absolute Gasteiger partial charge is 0.244 e. The number of hydrazone groups is 1. The number of carbonyl (C=O) groups excluding carboxylic acids is 1. The number of nitrogens with zero attached hydrogens (tertiary/aromatic N) is 1. The van der Waals surface area contributed by atoms with Crippen molar-refractivity contribution in [3.63, 3.8) is 0 Å². The van der Waals surface area contributed by atoms with Crippen LogP contribution in [0.5, 0.6) is 0 Å². The summed E-state index contributed by atoms with van der Waals surface area (Å²) in [5.41, 5.74) is 6.35. The Labute approximate surface area is 153 Å². The first kappa shape index (κ1) is 17.4. The van der Waals surface area contributed by atoms with E-state index in [2.05, 4.69) is 10.5 Å². The highest BCUT2D eigenvalue weighted by Crippen LogP contribution is 2.07. The third kappa shape index (κ3) is 5.28. The molecule has 1 N–H and O–H groups in total. The molecule has 0 spiro atoms. The first-order valence-corrected chi connectivity index (χ1v) is 8.50. The molecule has 26 heavy (non-hydrogen) atoms. The predicted molar refractivity (Wildman–Crippen MR) is 107 cm³/mol. The molecule has 0 aliphatic rings. The monoisotopic (exact) mass is 340 g/mol. The van der Waals surface area contributed by atoms with Crippen molar-refractivity contribution in [2.45, 2.75) is 6.42 Å². The fourth-order valence-electron chi connectivity index (χ4n) is 2.49. The molecule has 0 saturated heterocycles. The molecule has 0 saturated carbocycles. The summed E-state index contributed by atoms with van der Waals surface area (Å²) in [5, 5.41) is 4.34. The van der Waals surface area contributed by atoms with Crippen molar-refractivity contribution in [2.75, 3.05) is 0 Å². The number of rotatable bonds is 6. The average molecular weight is 340 g/mol. The maximum absolute atomic E-state index is 12.2. The summed E-state index contributed by atoms with van der Waals surface area (Å²) in [4.78, 5) is 12.2. The molecular weight excluding hydrogens is 320 g/mol. The minimum atomic E-state index is -0.141. The Balaban J connectivity index is 1.75. The third-order valence-corrected chi connectivity index (χ3v) is 3.81. The molecule has 0 aliphatic carbocycles. The fourth-order valence-corrected chi connectivity index (χ4v) is 2.49. The minimum Gasteiger partial charge on any atom is -0.273 e. The van der Waals surface area contributed by atoms with E-state index in [1.807, 2.05) is 103 Å². The topological polar surface area (TPSA) is 41.5 Å². The molecule has 3 nitrogen and oxygen atoms in total. The van der Waals surface area contributed by atoms with Crippen molar-refractivity contribution in [3.05, 3.63) is 114 Å². The van der Waals surface area contributed by atoms with Crippen LogP contribution in [0, 0.1) is 0 Å². The molecule has 3 aromatic rings. The van der Waals surface area contributed by atoms with E-state index >= 15 is 0 Å². The summed E-state index contributed by atoms with van der Waals surface area (Å²) >= 11 is 0. The van der Waals surface area contributed by atoms with Crippen molar-refractivity contribution < 1.29 is 4.79 Å². The van der Waals surface area contributed by atoms with Crippen LogP contribution in [0.15, 0.2) is 102 Å². The molecule has 3 aromatic carbocycles. The van der Waals surface area contributed by atoms with Crippen LogP contribution in [0.3, 0.4) is 0 Å². The Morgan fingerprint density at radius 1 is 0.808 bits per heavy atom. The van der Waals surface area contributed by atoms with Gasteiger partial charge in [0.2, 0.25) is 5.91 Å². The number of allylic oxidation sites excluding steroid dienone is 1. The van der Waals surface area contributed by atoms with Crippen LogP contribution in [-0.2, 0) is 11.2 Å². The van der Waals surface area contributed by atoms with Gasteiger partial charge in [-0.15, -0.1) is 0 Å². The van der Waals surface area contributed by atoms with E-state index in [9.17, 15) is 4.79 Å². The Kier molecular flexibility index (Phi) is 6.10. The van der Waals surface area contributed by atoms with E-state index in [0.717, 1.165) is 16.7 Å². The molecule has 0 aliphatic heterocycles. The summed E-state index contributed by atoms with van der Waals surface area (Å²) < 4.78 is 0. The van der Waals surface area contributed by atoms with Crippen molar-refractivity contribution in [3.8, 4) is 0 Å². The zero-order valence-corrected chi connectivity index (χ0v) is 14.4. The molecule has 0 heterocycles. The van der Waals surface area contributed by atoms with Crippen molar-refractivity contribution in [1.82, 2.24) is 5.43 Å². The number of hydrogen-bond donors (Lipinski definition) is 1. The van der Waals surface area contributed by atoms with Crippen LogP contribution in [0.2, 0.25) is 0 Å². The summed E-state index contributed by atoms with van der Waals surface area (Å²) in [7, 11) is 0. The highest BCUT2D eigenvalue weighted by molar-refractivity contribution is 6.11. The van der Waals surface area contributed by atoms with Crippen LogP contribution < -0.4 is 5.43 Å². The molecule has 0 aromatic heterocycles. The average Bonchev–Trinajstić information content (AvgIpc) is 2.70. The Bertz CT molecular complexity index is 885. The first-order valence-electron chi connectivity index (χ1n) is 8.50. The molecule has 0 bridgehead atoms. The van der Waals surface area contributed by atoms with Gasteiger partial charge in [0.05, 0.1) is 12.1 Å². The summed E-state index contributed by atoms with van der Waals surface area (Å²) in [6, 6.07) is 29.4. The number of carbonyl (C=O) groups is 1. The second-order valence-electron chi connectivity index (χ2n) is 5.80. The van der Waals surface area contributed by atoms with E-state index < -0.39 is 0 Å². The lowest BCUT2D eigenvalue weighted by Gasteiger charge is -2.04. The third-order valence-electron chi connectivity index (χ3n) is 3.81. The van der Waals surface area contributed by atoms with Crippen LogP contribution >= 0.6 is 0 Å². The molecule has 0 radical (unpaired) electrons. The van der Waals surface area contributed by atoms with Gasteiger partial charge in [-0.25, -0.2) is 5.43 Å². The highest BCUT2D eigenvalue weighted by Gasteiger charge is 2.04. The number of benzene rings is 3. The molecule has 3 heteroatoms. The molecule has 3 rings (SSSR count). The Hall–Kier alpha value is -3.46. The molecule has 1 amide bonds. The van der Waals surface area contributed by atoms with Gasteiger partial charge in [0, 0.05) is 5.56 Å². The van der Waals surface area contributed by atoms with Gasteiger partial charge in [0.15, 0.2) is 0 Å². The quantitative estimate of drug-likeness (QED) is 0.522. The second-order valence-corrected chi connectivity index (χ2v) is 5.80. The van der Waals surface area contributed by atoms with E-state index in [1.54, 1.807) is 0 Å². The second kappa shape index (κ2) is 9.14. The lowest BCUT2D eigenvalue weighted by Crippen LogP contribution is -2.21.